The fraction of sp³-hybridized carbons (Fsp3) is 0.700. The summed E-state index contributed by atoms with van der Waals surface area (Å²) >= 11 is 0. The van der Waals surface area contributed by atoms with E-state index < -0.39 is 0 Å². The smallest absolute Gasteiger partial charge is 0.237 e. The molecular weight excluding hydrogens is 212 g/mol. The first-order valence-electron chi connectivity index (χ1n) is 5.21. The molecule has 1 aliphatic heterocycles. The first-order chi connectivity index (χ1) is 7.68. The Hall–Kier alpha value is -1.27. The first-order valence-corrected chi connectivity index (χ1v) is 5.21. The number of ketones is 1. The monoisotopic (exact) mass is 226 g/mol. The minimum absolute atomic E-state index is 0.00369. The Balaban J connectivity index is 2.09. The molecule has 2 rings (SSSR count). The molecule has 0 aliphatic carbocycles. The second kappa shape index (κ2) is 4.71. The highest BCUT2D eigenvalue weighted by Crippen LogP contribution is 2.20. The number of carbonyl (C=O) groups excluding carboxylic acids is 1. The van der Waals surface area contributed by atoms with Crippen molar-refractivity contribution in [1.82, 2.24) is 10.1 Å². The van der Waals surface area contributed by atoms with E-state index in [-0.39, 0.29) is 17.8 Å². The lowest BCUT2D eigenvalue weighted by atomic mass is 10.1. The molecule has 0 spiro atoms. The normalized spacial score (nSPS) is 23.0. The van der Waals surface area contributed by atoms with Gasteiger partial charge in [0, 0.05) is 0 Å². The third-order valence-corrected chi connectivity index (χ3v) is 2.54. The van der Waals surface area contributed by atoms with Crippen LogP contribution in [0.3, 0.4) is 0 Å². The Bertz CT molecular complexity index is 371. The van der Waals surface area contributed by atoms with Crippen LogP contribution in [0.1, 0.15) is 37.6 Å². The van der Waals surface area contributed by atoms with E-state index in [1.54, 1.807) is 6.92 Å². The number of ether oxygens (including phenoxy) is 2. The van der Waals surface area contributed by atoms with Crippen molar-refractivity contribution in [2.75, 3.05) is 19.8 Å². The van der Waals surface area contributed by atoms with Crippen LogP contribution >= 0.6 is 0 Å². The molecule has 16 heavy (non-hydrogen) atoms. The number of rotatable bonds is 3. The average molecular weight is 226 g/mol. The van der Waals surface area contributed by atoms with Gasteiger partial charge in [-0.05, 0) is 13.8 Å². The van der Waals surface area contributed by atoms with E-state index in [1.807, 2.05) is 0 Å². The number of hydrogen-bond acceptors (Lipinski definition) is 6. The lowest BCUT2D eigenvalue weighted by Crippen LogP contribution is -2.22. The van der Waals surface area contributed by atoms with Gasteiger partial charge in [-0.1, -0.05) is 5.16 Å². The van der Waals surface area contributed by atoms with Gasteiger partial charge in [0.2, 0.25) is 11.7 Å². The molecule has 1 aromatic heterocycles. The molecule has 1 fully saturated rings. The highest BCUT2D eigenvalue weighted by atomic mass is 16.6. The first kappa shape index (κ1) is 11.2. The average Bonchev–Trinajstić information content (AvgIpc) is 2.78. The maximum Gasteiger partial charge on any atom is 0.237 e. The number of hydrogen-bond donors (Lipinski definition) is 0. The van der Waals surface area contributed by atoms with Crippen molar-refractivity contribution >= 4 is 5.78 Å². The summed E-state index contributed by atoms with van der Waals surface area (Å²) < 4.78 is 15.7. The number of nitrogens with zero attached hydrogens (tertiary/aromatic N) is 2. The summed E-state index contributed by atoms with van der Waals surface area (Å²) in [6, 6.07) is 0. The zero-order valence-corrected chi connectivity index (χ0v) is 9.30. The second-order valence-corrected chi connectivity index (χ2v) is 3.76. The SMILES string of the molecule is CC(=O)C(C)c1nc(C2COCCO2)no1. The van der Waals surface area contributed by atoms with Gasteiger partial charge >= 0.3 is 0 Å². The third-order valence-electron chi connectivity index (χ3n) is 2.54. The molecule has 0 aromatic carbocycles. The zero-order valence-electron chi connectivity index (χ0n) is 9.30. The van der Waals surface area contributed by atoms with Crippen LogP contribution < -0.4 is 0 Å². The lowest BCUT2D eigenvalue weighted by molar-refractivity contribution is -0.118. The molecule has 2 atom stereocenters. The Morgan fingerprint density at radius 1 is 1.50 bits per heavy atom. The Morgan fingerprint density at radius 3 is 2.94 bits per heavy atom. The van der Waals surface area contributed by atoms with E-state index in [1.165, 1.54) is 6.92 Å². The largest absolute Gasteiger partial charge is 0.376 e. The number of Topliss-reactive ketones (excluding diaryl/α,β-unsaturated/α-hetero) is 1. The Labute approximate surface area is 92.9 Å². The molecule has 6 heteroatoms. The van der Waals surface area contributed by atoms with E-state index >= 15 is 0 Å². The maximum absolute atomic E-state index is 11.1. The van der Waals surface area contributed by atoms with Crippen LogP contribution in [0.4, 0.5) is 0 Å². The minimum Gasteiger partial charge on any atom is -0.376 e. The summed E-state index contributed by atoms with van der Waals surface area (Å²) in [5, 5.41) is 3.80. The summed E-state index contributed by atoms with van der Waals surface area (Å²) in [6.07, 6.45) is -0.287. The zero-order chi connectivity index (χ0) is 11.5. The van der Waals surface area contributed by atoms with Gasteiger partial charge < -0.3 is 14.0 Å². The quantitative estimate of drug-likeness (QED) is 0.760. The van der Waals surface area contributed by atoms with Crippen molar-refractivity contribution in [3.63, 3.8) is 0 Å². The van der Waals surface area contributed by atoms with Crippen LogP contribution in [0.2, 0.25) is 0 Å². The predicted molar refractivity (Wildman–Crippen MR) is 52.9 cm³/mol. The molecule has 1 saturated heterocycles. The van der Waals surface area contributed by atoms with Crippen molar-refractivity contribution in [2.45, 2.75) is 25.9 Å². The molecule has 0 bridgehead atoms. The van der Waals surface area contributed by atoms with E-state index in [0.717, 1.165) is 0 Å². The van der Waals surface area contributed by atoms with Gasteiger partial charge in [0.05, 0.1) is 25.7 Å². The van der Waals surface area contributed by atoms with Crippen molar-refractivity contribution in [2.24, 2.45) is 0 Å². The molecule has 2 unspecified atom stereocenters. The molecule has 6 nitrogen and oxygen atoms in total. The number of aromatic nitrogens is 2. The van der Waals surface area contributed by atoms with E-state index in [9.17, 15) is 4.79 Å². The molecule has 0 radical (unpaired) electrons. The van der Waals surface area contributed by atoms with Gasteiger partial charge in [-0.2, -0.15) is 4.98 Å². The van der Waals surface area contributed by atoms with Gasteiger partial charge in [0.25, 0.3) is 0 Å². The third kappa shape index (κ3) is 2.28. The van der Waals surface area contributed by atoms with Crippen molar-refractivity contribution in [3.05, 3.63) is 11.7 Å². The summed E-state index contributed by atoms with van der Waals surface area (Å²) in [7, 11) is 0. The second-order valence-electron chi connectivity index (χ2n) is 3.76. The standard InChI is InChI=1S/C10H14N2O4/c1-6(7(2)13)10-11-9(12-16-10)8-5-14-3-4-15-8/h6,8H,3-5H2,1-2H3. The van der Waals surface area contributed by atoms with E-state index in [4.69, 9.17) is 14.0 Å². The summed E-state index contributed by atoms with van der Waals surface area (Å²) in [6.45, 7) is 4.77. The molecule has 1 aliphatic rings. The Kier molecular flexibility index (Phi) is 3.31. The molecule has 0 amide bonds. The number of carbonyl (C=O) groups is 1. The molecule has 88 valence electrons. The highest BCUT2D eigenvalue weighted by molar-refractivity contribution is 5.81. The van der Waals surface area contributed by atoms with Gasteiger partial charge in [-0.3, -0.25) is 4.79 Å². The molecule has 1 aromatic rings. The minimum atomic E-state index is -0.370. The summed E-state index contributed by atoms with van der Waals surface area (Å²) in [5.41, 5.74) is 0. The summed E-state index contributed by atoms with van der Waals surface area (Å²) in [5.74, 6) is 0.404. The lowest BCUT2D eigenvalue weighted by Gasteiger charge is -2.19. The highest BCUT2D eigenvalue weighted by Gasteiger charge is 2.25. The van der Waals surface area contributed by atoms with Crippen LogP contribution in [0.5, 0.6) is 0 Å². The van der Waals surface area contributed by atoms with Crippen LogP contribution in [0, 0.1) is 0 Å². The van der Waals surface area contributed by atoms with E-state index in [2.05, 4.69) is 10.1 Å². The van der Waals surface area contributed by atoms with Gasteiger partial charge in [-0.15, -0.1) is 0 Å². The van der Waals surface area contributed by atoms with Crippen LogP contribution in [0.25, 0.3) is 0 Å². The maximum atomic E-state index is 11.1. The van der Waals surface area contributed by atoms with E-state index in [0.29, 0.717) is 31.5 Å². The topological polar surface area (TPSA) is 74.5 Å². The molecule has 2 heterocycles. The van der Waals surface area contributed by atoms with Crippen LogP contribution in [0.15, 0.2) is 4.52 Å². The molecule has 0 N–H and O–H groups in total. The molecular formula is C10H14N2O4. The molecule has 0 saturated carbocycles. The Morgan fingerprint density at radius 2 is 2.31 bits per heavy atom. The van der Waals surface area contributed by atoms with Crippen LogP contribution in [-0.4, -0.2) is 35.7 Å². The van der Waals surface area contributed by atoms with Crippen molar-refractivity contribution in [3.8, 4) is 0 Å². The fourth-order valence-corrected chi connectivity index (χ4v) is 1.36. The predicted octanol–water partition coefficient (Wildman–Crippen LogP) is 0.850. The van der Waals surface area contributed by atoms with Gasteiger partial charge in [0.1, 0.15) is 11.9 Å². The van der Waals surface area contributed by atoms with Crippen LogP contribution in [-0.2, 0) is 14.3 Å². The van der Waals surface area contributed by atoms with Gasteiger partial charge in [0.15, 0.2) is 0 Å². The fourth-order valence-electron chi connectivity index (χ4n) is 1.36. The van der Waals surface area contributed by atoms with Gasteiger partial charge in [-0.25, -0.2) is 0 Å². The van der Waals surface area contributed by atoms with Crippen molar-refractivity contribution in [1.29, 1.82) is 0 Å². The van der Waals surface area contributed by atoms with Crippen molar-refractivity contribution < 1.29 is 18.8 Å². The summed E-state index contributed by atoms with van der Waals surface area (Å²) in [4.78, 5) is 15.3.